The van der Waals surface area contributed by atoms with Crippen LogP contribution >= 0.6 is 11.6 Å². The maximum absolute atomic E-state index is 12.5. The Hall–Kier alpha value is -1.03. The summed E-state index contributed by atoms with van der Waals surface area (Å²) in [6.07, 6.45) is -4.28. The van der Waals surface area contributed by atoms with Crippen molar-refractivity contribution in [2.45, 2.75) is 26.4 Å². The van der Waals surface area contributed by atoms with Gasteiger partial charge in [-0.2, -0.15) is 13.2 Å². The van der Waals surface area contributed by atoms with Gasteiger partial charge >= 0.3 is 6.18 Å². The third kappa shape index (κ3) is 3.73. The first-order valence-corrected chi connectivity index (χ1v) is 5.49. The van der Waals surface area contributed by atoms with E-state index in [1.165, 1.54) is 0 Å². The minimum Gasteiger partial charge on any atom is -0.294 e. The van der Waals surface area contributed by atoms with Crippen molar-refractivity contribution in [3.05, 3.63) is 34.3 Å². The number of alkyl halides is 3. The Balaban J connectivity index is 3.11. The molecule has 0 saturated heterocycles. The second-order valence-corrected chi connectivity index (χ2v) is 4.62. The van der Waals surface area contributed by atoms with Gasteiger partial charge in [0.05, 0.1) is 10.6 Å². The van der Waals surface area contributed by atoms with Crippen LogP contribution in [0.2, 0.25) is 5.02 Å². The van der Waals surface area contributed by atoms with Crippen molar-refractivity contribution < 1.29 is 18.0 Å². The summed E-state index contributed by atoms with van der Waals surface area (Å²) >= 11 is 5.74. The van der Waals surface area contributed by atoms with Gasteiger partial charge < -0.3 is 0 Å². The molecule has 0 atom stereocenters. The number of benzene rings is 1. The quantitative estimate of drug-likeness (QED) is 0.730. The number of hydrogen-bond acceptors (Lipinski definition) is 1. The molecule has 0 fully saturated rings. The molecular formula is C12H12ClF3O. The highest BCUT2D eigenvalue weighted by Gasteiger charge is 2.31. The summed E-state index contributed by atoms with van der Waals surface area (Å²) in [4.78, 5) is 11.7. The summed E-state index contributed by atoms with van der Waals surface area (Å²) in [6.45, 7) is 3.64. The number of hydrogen-bond donors (Lipinski definition) is 0. The average molecular weight is 265 g/mol. The van der Waals surface area contributed by atoms with Crippen LogP contribution in [0.1, 0.15) is 36.2 Å². The van der Waals surface area contributed by atoms with E-state index in [4.69, 9.17) is 11.6 Å². The van der Waals surface area contributed by atoms with Crippen LogP contribution in [0.4, 0.5) is 13.2 Å². The lowest BCUT2D eigenvalue weighted by Crippen LogP contribution is -2.09. The van der Waals surface area contributed by atoms with E-state index in [0.717, 1.165) is 18.2 Å². The first kappa shape index (κ1) is 14.0. The zero-order chi connectivity index (χ0) is 13.2. The van der Waals surface area contributed by atoms with E-state index in [1.54, 1.807) is 0 Å². The van der Waals surface area contributed by atoms with Gasteiger partial charge in [-0.15, -0.1) is 0 Å². The largest absolute Gasteiger partial charge is 0.416 e. The van der Waals surface area contributed by atoms with Crippen molar-refractivity contribution in [3.63, 3.8) is 0 Å². The molecule has 17 heavy (non-hydrogen) atoms. The number of Topliss-reactive ketones (excluding diaryl/α,β-unsaturated/α-hetero) is 1. The Bertz CT molecular complexity index is 424. The van der Waals surface area contributed by atoms with Gasteiger partial charge in [-0.1, -0.05) is 25.4 Å². The van der Waals surface area contributed by atoms with E-state index >= 15 is 0 Å². The minimum atomic E-state index is -4.46. The molecule has 0 heterocycles. The predicted octanol–water partition coefficient (Wildman–Crippen LogP) is 4.59. The monoisotopic (exact) mass is 264 g/mol. The molecule has 0 saturated carbocycles. The van der Waals surface area contributed by atoms with Crippen LogP contribution in [-0.4, -0.2) is 5.78 Å². The summed E-state index contributed by atoms with van der Waals surface area (Å²) in [7, 11) is 0. The first-order chi connectivity index (χ1) is 7.71. The van der Waals surface area contributed by atoms with Crippen LogP contribution in [0.25, 0.3) is 0 Å². The molecule has 1 aromatic carbocycles. The number of halogens is 4. The van der Waals surface area contributed by atoms with Crippen LogP contribution in [-0.2, 0) is 6.18 Å². The Labute approximate surface area is 103 Å². The van der Waals surface area contributed by atoms with Crippen molar-refractivity contribution in [1.29, 1.82) is 0 Å². The van der Waals surface area contributed by atoms with Crippen molar-refractivity contribution in [3.8, 4) is 0 Å². The van der Waals surface area contributed by atoms with Crippen molar-refractivity contribution in [1.82, 2.24) is 0 Å². The molecule has 0 aliphatic rings. The van der Waals surface area contributed by atoms with E-state index in [1.807, 2.05) is 13.8 Å². The molecule has 0 radical (unpaired) electrons. The topological polar surface area (TPSA) is 17.1 Å². The summed E-state index contributed by atoms with van der Waals surface area (Å²) in [6, 6.07) is 2.79. The van der Waals surface area contributed by atoms with Crippen LogP contribution < -0.4 is 0 Å². The normalized spacial score (nSPS) is 11.9. The second-order valence-electron chi connectivity index (χ2n) is 4.21. The van der Waals surface area contributed by atoms with E-state index in [2.05, 4.69) is 0 Å². The van der Waals surface area contributed by atoms with Crippen LogP contribution in [0.5, 0.6) is 0 Å². The van der Waals surface area contributed by atoms with E-state index in [-0.39, 0.29) is 28.7 Å². The second kappa shape index (κ2) is 5.08. The molecule has 5 heteroatoms. The molecule has 0 N–H and O–H groups in total. The molecule has 0 spiro atoms. The highest BCUT2D eigenvalue weighted by atomic mass is 35.5. The summed E-state index contributed by atoms with van der Waals surface area (Å²) in [5, 5.41) is 0.0589. The van der Waals surface area contributed by atoms with E-state index in [9.17, 15) is 18.0 Å². The predicted molar refractivity (Wildman–Crippen MR) is 60.2 cm³/mol. The summed E-state index contributed by atoms with van der Waals surface area (Å²) in [5.74, 6) is -0.288. The molecule has 94 valence electrons. The molecule has 0 bridgehead atoms. The molecule has 0 aromatic heterocycles. The number of carbonyl (C=O) groups excluding carboxylic acids is 1. The molecule has 0 aliphatic carbocycles. The molecule has 1 rings (SSSR count). The summed E-state index contributed by atoms with van der Waals surface area (Å²) < 4.78 is 37.4. The summed E-state index contributed by atoms with van der Waals surface area (Å²) in [5.41, 5.74) is -0.913. The van der Waals surface area contributed by atoms with Gasteiger partial charge in [-0.05, 0) is 24.1 Å². The van der Waals surface area contributed by atoms with Crippen LogP contribution in [0, 0.1) is 5.92 Å². The van der Waals surface area contributed by atoms with Gasteiger partial charge in [0.25, 0.3) is 0 Å². The van der Waals surface area contributed by atoms with Gasteiger partial charge in [0, 0.05) is 12.0 Å². The third-order valence-corrected chi connectivity index (χ3v) is 2.52. The maximum Gasteiger partial charge on any atom is 0.416 e. The Morgan fingerprint density at radius 2 is 1.94 bits per heavy atom. The molecular weight excluding hydrogens is 253 g/mol. The van der Waals surface area contributed by atoms with Gasteiger partial charge in [0.1, 0.15) is 0 Å². The fraction of sp³-hybridized carbons (Fsp3) is 0.417. The standard InChI is InChI=1S/C12H12ClF3O/c1-7(2)5-11(17)9-6-8(12(14,15)16)3-4-10(9)13/h3-4,6-7H,5H2,1-2H3. The van der Waals surface area contributed by atoms with Crippen molar-refractivity contribution >= 4 is 17.4 Å². The number of rotatable bonds is 3. The lowest BCUT2D eigenvalue weighted by atomic mass is 9.99. The lowest BCUT2D eigenvalue weighted by Gasteiger charge is -2.10. The first-order valence-electron chi connectivity index (χ1n) is 5.11. The zero-order valence-corrected chi connectivity index (χ0v) is 10.2. The Morgan fingerprint density at radius 1 is 1.35 bits per heavy atom. The van der Waals surface area contributed by atoms with Gasteiger partial charge in [0.15, 0.2) is 5.78 Å². The molecule has 0 unspecified atom stereocenters. The SMILES string of the molecule is CC(C)CC(=O)c1cc(C(F)(F)F)ccc1Cl. The van der Waals surface area contributed by atoms with E-state index in [0.29, 0.717) is 0 Å². The fourth-order valence-electron chi connectivity index (χ4n) is 1.40. The fourth-order valence-corrected chi connectivity index (χ4v) is 1.62. The molecule has 1 aromatic rings. The van der Waals surface area contributed by atoms with Crippen molar-refractivity contribution in [2.24, 2.45) is 5.92 Å². The van der Waals surface area contributed by atoms with E-state index < -0.39 is 11.7 Å². The molecule has 1 nitrogen and oxygen atoms in total. The number of carbonyl (C=O) groups is 1. The Morgan fingerprint density at radius 3 is 2.41 bits per heavy atom. The highest BCUT2D eigenvalue weighted by molar-refractivity contribution is 6.34. The van der Waals surface area contributed by atoms with Crippen molar-refractivity contribution in [2.75, 3.05) is 0 Å². The van der Waals surface area contributed by atoms with Gasteiger partial charge in [0.2, 0.25) is 0 Å². The molecule has 0 amide bonds. The van der Waals surface area contributed by atoms with Gasteiger partial charge in [-0.25, -0.2) is 0 Å². The molecule has 0 aliphatic heterocycles. The van der Waals surface area contributed by atoms with Crippen LogP contribution in [0.3, 0.4) is 0 Å². The smallest absolute Gasteiger partial charge is 0.294 e. The van der Waals surface area contributed by atoms with Gasteiger partial charge in [-0.3, -0.25) is 4.79 Å². The zero-order valence-electron chi connectivity index (χ0n) is 9.44. The average Bonchev–Trinajstić information content (AvgIpc) is 2.15. The minimum absolute atomic E-state index is 0.0589. The third-order valence-electron chi connectivity index (χ3n) is 2.19. The number of ketones is 1. The highest BCUT2D eigenvalue weighted by Crippen LogP contribution is 2.32. The van der Waals surface area contributed by atoms with Crippen LogP contribution in [0.15, 0.2) is 18.2 Å². The Kier molecular flexibility index (Phi) is 4.20. The lowest BCUT2D eigenvalue weighted by molar-refractivity contribution is -0.137. The maximum atomic E-state index is 12.5.